The molecule has 0 aromatic heterocycles. The fourth-order valence-corrected chi connectivity index (χ4v) is 3.90. The summed E-state index contributed by atoms with van der Waals surface area (Å²) in [4.78, 5) is 12.6. The number of carbonyl (C=O) groups is 1. The highest BCUT2D eigenvalue weighted by Crippen LogP contribution is 2.33. The Bertz CT molecular complexity index is 970. The van der Waals surface area contributed by atoms with Crippen LogP contribution in [-0.4, -0.2) is 19.6 Å². The maximum atomic E-state index is 12.6. The van der Waals surface area contributed by atoms with E-state index in [2.05, 4.69) is 35.1 Å². The van der Waals surface area contributed by atoms with Gasteiger partial charge in [-0.1, -0.05) is 56.3 Å². The van der Waals surface area contributed by atoms with Crippen molar-refractivity contribution >= 4 is 32.6 Å². The average molecular weight is 456 g/mol. The number of ether oxygens (including phenoxy) is 2. The summed E-state index contributed by atoms with van der Waals surface area (Å²) in [6, 6.07) is 19.7. The zero-order valence-electron chi connectivity index (χ0n) is 16.9. The first kappa shape index (κ1) is 21.2. The summed E-state index contributed by atoms with van der Waals surface area (Å²) in [5.74, 6) is 1.75. The van der Waals surface area contributed by atoms with Crippen molar-refractivity contribution < 1.29 is 14.3 Å². The fourth-order valence-electron chi connectivity index (χ4n) is 3.29. The summed E-state index contributed by atoms with van der Waals surface area (Å²) in [6.45, 7) is 4.25. The van der Waals surface area contributed by atoms with Crippen molar-refractivity contribution in [1.29, 1.82) is 0 Å². The molecule has 0 fully saturated rings. The largest absolute Gasteiger partial charge is 0.497 e. The number of hydrogen-bond acceptors (Lipinski definition) is 3. The van der Waals surface area contributed by atoms with Crippen molar-refractivity contribution in [2.24, 2.45) is 5.92 Å². The summed E-state index contributed by atoms with van der Waals surface area (Å²) >= 11 is 3.60. The molecule has 0 unspecified atom stereocenters. The second-order valence-electron chi connectivity index (χ2n) is 7.41. The third kappa shape index (κ3) is 5.51. The predicted molar refractivity (Wildman–Crippen MR) is 120 cm³/mol. The molecule has 4 nitrogen and oxygen atoms in total. The maximum absolute atomic E-state index is 12.6. The van der Waals surface area contributed by atoms with Crippen LogP contribution in [0.5, 0.6) is 11.5 Å². The Kier molecular flexibility index (Phi) is 7.15. The lowest BCUT2D eigenvalue weighted by Gasteiger charge is -2.21. The predicted octanol–water partition coefficient (Wildman–Crippen LogP) is 5.89. The van der Waals surface area contributed by atoms with E-state index in [4.69, 9.17) is 9.47 Å². The van der Waals surface area contributed by atoms with E-state index < -0.39 is 0 Å². The third-order valence-corrected chi connectivity index (χ3v) is 5.57. The molecule has 1 atom stereocenters. The van der Waals surface area contributed by atoms with Crippen LogP contribution in [0.3, 0.4) is 0 Å². The standard InChI is InChI=1S/C24H26BrNO3/c1-16(2)14-21(18-8-11-19(28-3)12-9-18)26-23(27)15-29-22-13-10-17-6-4-5-7-20(17)24(22)25/h4-13,16,21H,14-15H2,1-3H3,(H,26,27)/t21-/m1/s1. The maximum Gasteiger partial charge on any atom is 0.258 e. The van der Waals surface area contributed by atoms with Gasteiger partial charge in [0, 0.05) is 0 Å². The van der Waals surface area contributed by atoms with Crippen molar-refractivity contribution in [3.63, 3.8) is 0 Å². The van der Waals surface area contributed by atoms with Gasteiger partial charge in [-0.15, -0.1) is 0 Å². The van der Waals surface area contributed by atoms with Crippen LogP contribution in [0, 0.1) is 5.92 Å². The van der Waals surface area contributed by atoms with Crippen LogP contribution >= 0.6 is 15.9 Å². The number of nitrogens with one attached hydrogen (secondary N) is 1. The summed E-state index contributed by atoms with van der Waals surface area (Å²) < 4.78 is 11.9. The molecule has 0 aliphatic rings. The zero-order chi connectivity index (χ0) is 20.8. The Labute approximate surface area is 180 Å². The molecule has 0 saturated heterocycles. The van der Waals surface area contributed by atoms with Crippen LogP contribution in [0.2, 0.25) is 0 Å². The molecule has 1 amide bonds. The van der Waals surface area contributed by atoms with Crippen molar-refractivity contribution in [2.75, 3.05) is 13.7 Å². The summed E-state index contributed by atoms with van der Waals surface area (Å²) in [5, 5.41) is 5.28. The van der Waals surface area contributed by atoms with Gasteiger partial charge in [0.05, 0.1) is 17.6 Å². The Hall–Kier alpha value is -2.53. The first-order valence-corrected chi connectivity index (χ1v) is 10.5. The molecular weight excluding hydrogens is 430 g/mol. The number of halogens is 1. The van der Waals surface area contributed by atoms with Gasteiger partial charge in [-0.2, -0.15) is 0 Å². The van der Waals surface area contributed by atoms with Crippen LogP contribution in [0.15, 0.2) is 65.1 Å². The number of rotatable bonds is 8. The zero-order valence-corrected chi connectivity index (χ0v) is 18.5. The van der Waals surface area contributed by atoms with Gasteiger partial charge >= 0.3 is 0 Å². The minimum atomic E-state index is -0.147. The number of hydrogen-bond donors (Lipinski definition) is 1. The highest BCUT2D eigenvalue weighted by molar-refractivity contribution is 9.10. The average Bonchev–Trinajstić information content (AvgIpc) is 2.73. The van der Waals surface area contributed by atoms with Gasteiger partial charge < -0.3 is 14.8 Å². The second kappa shape index (κ2) is 9.79. The molecule has 0 bridgehead atoms. The molecule has 1 N–H and O–H groups in total. The summed E-state index contributed by atoms with van der Waals surface area (Å²) in [7, 11) is 1.64. The minimum Gasteiger partial charge on any atom is -0.497 e. The second-order valence-corrected chi connectivity index (χ2v) is 8.20. The molecule has 3 aromatic rings. The van der Waals surface area contributed by atoms with Crippen LogP contribution in [-0.2, 0) is 4.79 Å². The normalized spacial score (nSPS) is 12.0. The molecule has 0 saturated carbocycles. The number of amides is 1. The SMILES string of the molecule is COc1ccc([C@@H](CC(C)C)NC(=O)COc2ccc3ccccc3c2Br)cc1. The van der Waals surface area contributed by atoms with Gasteiger partial charge in [0.25, 0.3) is 5.91 Å². The molecule has 152 valence electrons. The van der Waals surface area contributed by atoms with E-state index in [9.17, 15) is 4.79 Å². The first-order chi connectivity index (χ1) is 14.0. The van der Waals surface area contributed by atoms with Crippen LogP contribution in [0.1, 0.15) is 31.9 Å². The molecule has 3 rings (SSSR count). The van der Waals surface area contributed by atoms with Gasteiger partial charge in [-0.3, -0.25) is 4.79 Å². The summed E-state index contributed by atoms with van der Waals surface area (Å²) in [6.07, 6.45) is 0.845. The molecule has 0 radical (unpaired) electrons. The number of methoxy groups -OCH3 is 1. The van der Waals surface area contributed by atoms with Crippen LogP contribution in [0.25, 0.3) is 10.8 Å². The minimum absolute atomic E-state index is 0.0400. The van der Waals surface area contributed by atoms with Crippen molar-refractivity contribution in [2.45, 2.75) is 26.3 Å². The summed E-state index contributed by atoms with van der Waals surface area (Å²) in [5.41, 5.74) is 1.06. The number of carbonyl (C=O) groups excluding carboxylic acids is 1. The van der Waals surface area contributed by atoms with Crippen LogP contribution in [0.4, 0.5) is 0 Å². The Morgan fingerprint density at radius 2 is 1.76 bits per heavy atom. The van der Waals surface area contributed by atoms with E-state index in [0.717, 1.165) is 33.0 Å². The van der Waals surface area contributed by atoms with Crippen LogP contribution < -0.4 is 14.8 Å². The first-order valence-electron chi connectivity index (χ1n) is 9.71. The smallest absolute Gasteiger partial charge is 0.258 e. The Balaban J connectivity index is 1.67. The highest BCUT2D eigenvalue weighted by atomic mass is 79.9. The third-order valence-electron chi connectivity index (χ3n) is 4.75. The van der Waals surface area contributed by atoms with Crippen molar-refractivity contribution in [3.8, 4) is 11.5 Å². The molecule has 0 spiro atoms. The monoisotopic (exact) mass is 455 g/mol. The topological polar surface area (TPSA) is 47.6 Å². The van der Waals surface area contributed by atoms with Gasteiger partial charge in [0.2, 0.25) is 0 Å². The van der Waals surface area contributed by atoms with Crippen molar-refractivity contribution in [1.82, 2.24) is 5.32 Å². The molecule has 3 aromatic carbocycles. The number of fused-ring (bicyclic) bond motifs is 1. The molecular formula is C24H26BrNO3. The van der Waals surface area contributed by atoms with E-state index in [1.807, 2.05) is 60.7 Å². The van der Waals surface area contributed by atoms with Gasteiger partial charge in [-0.25, -0.2) is 0 Å². The van der Waals surface area contributed by atoms with Gasteiger partial charge in [-0.05, 0) is 62.8 Å². The van der Waals surface area contributed by atoms with E-state index >= 15 is 0 Å². The van der Waals surface area contributed by atoms with Crippen molar-refractivity contribution in [3.05, 3.63) is 70.7 Å². The molecule has 29 heavy (non-hydrogen) atoms. The lowest BCUT2D eigenvalue weighted by Crippen LogP contribution is -2.33. The van der Waals surface area contributed by atoms with E-state index in [-0.39, 0.29) is 18.6 Å². The fraction of sp³-hybridized carbons (Fsp3) is 0.292. The quantitative estimate of drug-likeness (QED) is 0.460. The van der Waals surface area contributed by atoms with E-state index in [1.54, 1.807) is 7.11 Å². The Morgan fingerprint density at radius 1 is 1.03 bits per heavy atom. The highest BCUT2D eigenvalue weighted by Gasteiger charge is 2.17. The van der Waals surface area contributed by atoms with E-state index in [1.165, 1.54) is 0 Å². The lowest BCUT2D eigenvalue weighted by molar-refractivity contribution is -0.124. The van der Waals surface area contributed by atoms with E-state index in [0.29, 0.717) is 11.7 Å². The molecule has 0 aliphatic heterocycles. The lowest BCUT2D eigenvalue weighted by atomic mass is 9.97. The number of benzene rings is 3. The van der Waals surface area contributed by atoms with Gasteiger partial charge in [0.15, 0.2) is 6.61 Å². The molecule has 0 aliphatic carbocycles. The Morgan fingerprint density at radius 3 is 2.45 bits per heavy atom. The molecule has 0 heterocycles. The van der Waals surface area contributed by atoms with Gasteiger partial charge in [0.1, 0.15) is 11.5 Å². The molecule has 5 heteroatoms.